The lowest BCUT2D eigenvalue weighted by Crippen LogP contribution is -2.28. The average molecular weight is 478 g/mol. The number of benzene rings is 1. The molecule has 1 aliphatic carbocycles. The van der Waals surface area contributed by atoms with Crippen LogP contribution in [0.2, 0.25) is 0 Å². The van der Waals surface area contributed by atoms with E-state index in [9.17, 15) is 9.90 Å². The van der Waals surface area contributed by atoms with Crippen molar-refractivity contribution >= 4 is 17.7 Å². The van der Waals surface area contributed by atoms with Gasteiger partial charge in [0.25, 0.3) is 5.91 Å². The van der Waals surface area contributed by atoms with Crippen LogP contribution in [-0.4, -0.2) is 66.4 Å². The lowest BCUT2D eigenvalue weighted by atomic mass is 9.93. The Labute approximate surface area is 204 Å². The number of fused-ring (bicyclic) bond motifs is 1. The second kappa shape index (κ2) is 8.82. The van der Waals surface area contributed by atoms with Crippen molar-refractivity contribution in [2.24, 2.45) is 0 Å². The Hall–Kier alpha value is -2.71. The standard InChI is InChI=1S/C26H31N5O2S/c1-4-30(3)23(33)19-7-10-21(27-16-19)18-5-8-20(9-6-18)26(11-12-26)24-29-28-22-15-25(2,17-32)34-14-13-31(22)24/h5-10,16,32H,4,11-15,17H2,1-3H3. The molecule has 1 saturated carbocycles. The molecule has 7 nitrogen and oxygen atoms in total. The number of nitrogens with zero attached hydrogens (tertiary/aromatic N) is 5. The lowest BCUT2D eigenvalue weighted by Gasteiger charge is -2.23. The maximum absolute atomic E-state index is 12.3. The van der Waals surface area contributed by atoms with Crippen molar-refractivity contribution in [3.63, 3.8) is 0 Å². The number of carbonyl (C=O) groups excluding carboxylic acids is 1. The zero-order chi connectivity index (χ0) is 23.9. The molecule has 5 rings (SSSR count). The van der Waals surface area contributed by atoms with Crippen molar-refractivity contribution in [2.45, 2.75) is 49.8 Å². The highest BCUT2D eigenvalue weighted by atomic mass is 32.2. The summed E-state index contributed by atoms with van der Waals surface area (Å²) >= 11 is 1.82. The number of aliphatic hydroxyl groups is 1. The molecule has 3 aromatic rings. The Balaban J connectivity index is 1.38. The van der Waals surface area contributed by atoms with Gasteiger partial charge in [0.2, 0.25) is 0 Å². The summed E-state index contributed by atoms with van der Waals surface area (Å²) in [7, 11) is 1.79. The SMILES string of the molecule is CCN(C)C(=O)c1ccc(-c2ccc(C3(c4nnc5n4CCSC(C)(CO)C5)CC3)cc2)nc1. The lowest BCUT2D eigenvalue weighted by molar-refractivity contribution is 0.0802. The van der Waals surface area contributed by atoms with Gasteiger partial charge in [0.15, 0.2) is 0 Å². The largest absolute Gasteiger partial charge is 0.395 e. The Morgan fingerprint density at radius 2 is 1.94 bits per heavy atom. The summed E-state index contributed by atoms with van der Waals surface area (Å²) in [6, 6.07) is 12.3. The first-order chi connectivity index (χ1) is 16.4. The zero-order valence-electron chi connectivity index (χ0n) is 20.0. The minimum absolute atomic E-state index is 0.0160. The number of pyridine rings is 1. The quantitative estimate of drug-likeness (QED) is 0.585. The number of amides is 1. The van der Waals surface area contributed by atoms with E-state index in [0.717, 1.165) is 54.5 Å². The highest BCUT2D eigenvalue weighted by Crippen LogP contribution is 2.53. The Bertz CT molecular complexity index is 1190. The molecule has 1 fully saturated rings. The first kappa shape index (κ1) is 23.1. The Morgan fingerprint density at radius 3 is 2.56 bits per heavy atom. The Morgan fingerprint density at radius 1 is 1.18 bits per heavy atom. The van der Waals surface area contributed by atoms with Gasteiger partial charge >= 0.3 is 0 Å². The molecule has 1 aromatic carbocycles. The van der Waals surface area contributed by atoms with Crippen molar-refractivity contribution in [3.05, 3.63) is 65.4 Å². The first-order valence-corrected chi connectivity index (χ1v) is 12.9. The third kappa shape index (κ3) is 4.03. The summed E-state index contributed by atoms with van der Waals surface area (Å²) in [5, 5.41) is 19.1. The summed E-state index contributed by atoms with van der Waals surface area (Å²) in [5.74, 6) is 2.96. The van der Waals surface area contributed by atoms with E-state index in [1.54, 1.807) is 18.1 Å². The molecule has 2 aliphatic rings. The van der Waals surface area contributed by atoms with Crippen LogP contribution < -0.4 is 0 Å². The molecule has 3 heterocycles. The van der Waals surface area contributed by atoms with E-state index in [-0.39, 0.29) is 22.7 Å². The van der Waals surface area contributed by atoms with Crippen LogP contribution in [0.15, 0.2) is 42.6 Å². The fraction of sp³-hybridized carbons (Fsp3) is 0.462. The van der Waals surface area contributed by atoms with E-state index in [1.807, 2.05) is 30.8 Å². The molecule has 1 atom stereocenters. The third-order valence-corrected chi connectivity index (χ3v) is 8.56. The van der Waals surface area contributed by atoms with Gasteiger partial charge in [0, 0.05) is 48.8 Å². The highest BCUT2D eigenvalue weighted by molar-refractivity contribution is 8.00. The van der Waals surface area contributed by atoms with Crippen molar-refractivity contribution in [1.82, 2.24) is 24.6 Å². The van der Waals surface area contributed by atoms with Gasteiger partial charge in [0.05, 0.1) is 23.3 Å². The van der Waals surface area contributed by atoms with Crippen LogP contribution in [0.25, 0.3) is 11.3 Å². The van der Waals surface area contributed by atoms with Crippen LogP contribution in [-0.2, 0) is 18.4 Å². The first-order valence-electron chi connectivity index (χ1n) is 11.9. The molecule has 0 radical (unpaired) electrons. The third-order valence-electron chi connectivity index (χ3n) is 7.20. The van der Waals surface area contributed by atoms with Crippen molar-refractivity contribution in [3.8, 4) is 11.3 Å². The molecule has 0 saturated heterocycles. The van der Waals surface area contributed by atoms with Crippen LogP contribution in [0, 0.1) is 0 Å². The van der Waals surface area contributed by atoms with Gasteiger partial charge in [-0.1, -0.05) is 24.3 Å². The molecule has 8 heteroatoms. The maximum atomic E-state index is 12.3. The van der Waals surface area contributed by atoms with Gasteiger partial charge in [-0.2, -0.15) is 11.8 Å². The number of thioether (sulfide) groups is 1. The number of aromatic nitrogens is 4. The van der Waals surface area contributed by atoms with E-state index >= 15 is 0 Å². The van der Waals surface area contributed by atoms with Crippen LogP contribution in [0.3, 0.4) is 0 Å². The van der Waals surface area contributed by atoms with Crippen molar-refractivity contribution in [2.75, 3.05) is 26.0 Å². The minimum atomic E-state index is -0.198. The molecule has 2 aromatic heterocycles. The van der Waals surface area contributed by atoms with E-state index < -0.39 is 0 Å². The summed E-state index contributed by atoms with van der Waals surface area (Å²) in [5.41, 5.74) is 3.65. The zero-order valence-corrected chi connectivity index (χ0v) is 20.8. The molecule has 1 aliphatic heterocycles. The molecule has 1 amide bonds. The van der Waals surface area contributed by atoms with Gasteiger partial charge in [-0.05, 0) is 44.4 Å². The second-order valence-corrected chi connectivity index (χ2v) is 11.3. The van der Waals surface area contributed by atoms with E-state index in [4.69, 9.17) is 0 Å². The van der Waals surface area contributed by atoms with Crippen molar-refractivity contribution < 1.29 is 9.90 Å². The van der Waals surface area contributed by atoms with E-state index in [2.05, 4.69) is 50.9 Å². The fourth-order valence-electron chi connectivity index (χ4n) is 4.71. The summed E-state index contributed by atoms with van der Waals surface area (Å²) < 4.78 is 2.09. The van der Waals surface area contributed by atoms with Gasteiger partial charge < -0.3 is 14.6 Å². The smallest absolute Gasteiger partial charge is 0.255 e. The average Bonchev–Trinajstić information content (AvgIpc) is 3.62. The molecular formula is C26H31N5O2S. The summed E-state index contributed by atoms with van der Waals surface area (Å²) in [4.78, 5) is 18.5. The molecule has 178 valence electrons. The van der Waals surface area contributed by atoms with Gasteiger partial charge in [-0.15, -0.1) is 10.2 Å². The van der Waals surface area contributed by atoms with Crippen molar-refractivity contribution in [1.29, 1.82) is 0 Å². The number of hydrogen-bond acceptors (Lipinski definition) is 6. The number of carbonyl (C=O) groups is 1. The number of aliphatic hydroxyl groups excluding tert-OH is 1. The van der Waals surface area contributed by atoms with Crippen LogP contribution >= 0.6 is 11.8 Å². The fourth-order valence-corrected chi connectivity index (χ4v) is 5.80. The molecule has 0 spiro atoms. The number of rotatable bonds is 6. The summed E-state index contributed by atoms with van der Waals surface area (Å²) in [6.45, 7) is 5.74. The monoisotopic (exact) mass is 477 g/mol. The molecule has 1 N–H and O–H groups in total. The topological polar surface area (TPSA) is 84.1 Å². The molecule has 34 heavy (non-hydrogen) atoms. The minimum Gasteiger partial charge on any atom is -0.395 e. The summed E-state index contributed by atoms with van der Waals surface area (Å²) in [6.07, 6.45) is 4.52. The van der Waals surface area contributed by atoms with Gasteiger partial charge in [0.1, 0.15) is 11.6 Å². The molecule has 0 bridgehead atoms. The van der Waals surface area contributed by atoms with Gasteiger partial charge in [-0.25, -0.2) is 0 Å². The van der Waals surface area contributed by atoms with E-state index in [1.165, 1.54) is 5.56 Å². The van der Waals surface area contributed by atoms with Crippen LogP contribution in [0.1, 0.15) is 54.3 Å². The van der Waals surface area contributed by atoms with Gasteiger partial charge in [-0.3, -0.25) is 9.78 Å². The predicted molar refractivity (Wildman–Crippen MR) is 134 cm³/mol. The maximum Gasteiger partial charge on any atom is 0.255 e. The molecule has 1 unspecified atom stereocenters. The number of hydrogen-bond donors (Lipinski definition) is 1. The predicted octanol–water partition coefficient (Wildman–Crippen LogP) is 3.55. The molecular weight excluding hydrogens is 446 g/mol. The highest BCUT2D eigenvalue weighted by Gasteiger charge is 2.50. The van der Waals surface area contributed by atoms with E-state index in [0.29, 0.717) is 12.1 Å². The second-order valence-electron chi connectivity index (χ2n) is 9.64. The normalized spacial score (nSPS) is 20.9. The van der Waals surface area contributed by atoms with Crippen LogP contribution in [0.5, 0.6) is 0 Å². The Kier molecular flexibility index (Phi) is 5.98. The van der Waals surface area contributed by atoms with Crippen LogP contribution in [0.4, 0.5) is 0 Å².